The number of hydrogen-bond acceptors (Lipinski definition) is 2. The molecule has 2 aromatic carbocycles. The number of carbonyl (C=O) groups excluding carboxylic acids is 1. The van der Waals surface area contributed by atoms with Crippen LogP contribution in [0.1, 0.15) is 5.56 Å². The smallest absolute Gasteiger partial charge is 0.165 e. The number of aldehydes is 1. The maximum Gasteiger partial charge on any atom is 0.165 e. The molecule has 0 fully saturated rings. The molecular formula is C14H13NO. The van der Waals surface area contributed by atoms with Crippen molar-refractivity contribution >= 4 is 23.1 Å². The number of hydrogen-bond donors (Lipinski definition) is 1. The lowest BCUT2D eigenvalue weighted by Crippen LogP contribution is -2.06. The maximum absolute atomic E-state index is 10.7. The number of allylic oxidation sites excluding steroid dienone is 1. The largest absolute Gasteiger partial charge is 0.385 e. The minimum atomic E-state index is 0.580. The van der Waals surface area contributed by atoms with Crippen molar-refractivity contribution in [3.05, 3.63) is 53.7 Å². The molecule has 0 aliphatic carbocycles. The van der Waals surface area contributed by atoms with Crippen LogP contribution in [0.3, 0.4) is 0 Å². The molecule has 0 unspecified atom stereocenters. The Morgan fingerprint density at radius 2 is 1.88 bits per heavy atom. The van der Waals surface area contributed by atoms with Crippen LogP contribution < -0.4 is 5.32 Å². The molecule has 0 aromatic heterocycles. The van der Waals surface area contributed by atoms with Gasteiger partial charge in [0.1, 0.15) is 0 Å². The van der Waals surface area contributed by atoms with E-state index in [4.69, 9.17) is 0 Å². The summed E-state index contributed by atoms with van der Waals surface area (Å²) in [6, 6.07) is 14.2. The fraction of sp³-hybridized carbons (Fsp3) is 0.0714. The van der Waals surface area contributed by atoms with Crippen LogP contribution in [0.25, 0.3) is 16.8 Å². The third kappa shape index (κ3) is 1.96. The van der Waals surface area contributed by atoms with E-state index in [1.807, 2.05) is 30.3 Å². The fourth-order valence-electron chi connectivity index (χ4n) is 1.71. The van der Waals surface area contributed by atoms with Crippen molar-refractivity contribution in [1.29, 1.82) is 0 Å². The molecule has 0 atom stereocenters. The fourth-order valence-corrected chi connectivity index (χ4v) is 1.71. The zero-order chi connectivity index (χ0) is 11.4. The molecule has 1 N–H and O–H groups in total. The number of nitrogens with one attached hydrogen (secondary N) is 1. The Morgan fingerprint density at radius 3 is 2.62 bits per heavy atom. The maximum atomic E-state index is 10.7. The molecular weight excluding hydrogens is 198 g/mol. The molecule has 0 aliphatic heterocycles. The first-order valence-corrected chi connectivity index (χ1v) is 5.17. The summed E-state index contributed by atoms with van der Waals surface area (Å²) in [6.07, 6.45) is 2.68. The van der Waals surface area contributed by atoms with Gasteiger partial charge in [0.25, 0.3) is 0 Å². The number of rotatable bonds is 3. The second-order valence-corrected chi connectivity index (χ2v) is 3.54. The summed E-state index contributed by atoms with van der Waals surface area (Å²) in [5.74, 6) is 0. The number of benzene rings is 2. The molecule has 0 bridgehead atoms. The van der Waals surface area contributed by atoms with Gasteiger partial charge in [-0.05, 0) is 22.4 Å². The Labute approximate surface area is 94.6 Å². The van der Waals surface area contributed by atoms with Gasteiger partial charge < -0.3 is 5.32 Å². The van der Waals surface area contributed by atoms with E-state index >= 15 is 0 Å². The highest BCUT2D eigenvalue weighted by Crippen LogP contribution is 2.20. The van der Waals surface area contributed by atoms with Crippen LogP contribution in [0.5, 0.6) is 0 Å². The van der Waals surface area contributed by atoms with E-state index in [9.17, 15) is 4.79 Å². The molecule has 16 heavy (non-hydrogen) atoms. The molecule has 2 aromatic rings. The van der Waals surface area contributed by atoms with Gasteiger partial charge in [-0.1, -0.05) is 42.5 Å². The summed E-state index contributed by atoms with van der Waals surface area (Å²) in [7, 11) is 1.74. The quantitative estimate of drug-likeness (QED) is 0.624. The van der Waals surface area contributed by atoms with Crippen LogP contribution in [0.2, 0.25) is 0 Å². The van der Waals surface area contributed by atoms with E-state index in [0.717, 1.165) is 17.2 Å². The molecule has 0 aliphatic rings. The first-order valence-electron chi connectivity index (χ1n) is 5.17. The average molecular weight is 211 g/mol. The second-order valence-electron chi connectivity index (χ2n) is 3.54. The predicted octanol–water partition coefficient (Wildman–Crippen LogP) is 2.60. The number of likely N-dealkylation sites (N-methyl/N-ethyl adjacent to an activating group) is 1. The van der Waals surface area contributed by atoms with Gasteiger partial charge in [-0.15, -0.1) is 0 Å². The Kier molecular flexibility index (Phi) is 3.01. The molecule has 2 heteroatoms. The van der Waals surface area contributed by atoms with E-state index < -0.39 is 0 Å². The molecule has 0 heterocycles. The minimum Gasteiger partial charge on any atom is -0.385 e. The van der Waals surface area contributed by atoms with E-state index in [2.05, 4.69) is 23.5 Å². The van der Waals surface area contributed by atoms with Crippen molar-refractivity contribution < 1.29 is 4.79 Å². The summed E-state index contributed by atoms with van der Waals surface area (Å²) in [4.78, 5) is 10.7. The molecule has 0 amide bonds. The first kappa shape index (κ1) is 10.4. The molecule has 0 saturated carbocycles. The summed E-state index contributed by atoms with van der Waals surface area (Å²) < 4.78 is 0. The molecule has 2 rings (SSSR count). The number of fused-ring (bicyclic) bond motifs is 1. The summed E-state index contributed by atoms with van der Waals surface area (Å²) in [6.45, 7) is 0. The highest BCUT2D eigenvalue weighted by atomic mass is 16.1. The normalized spacial score (nSPS) is 11.4. The zero-order valence-corrected chi connectivity index (χ0v) is 9.10. The van der Waals surface area contributed by atoms with Gasteiger partial charge in [-0.3, -0.25) is 4.79 Å². The molecule has 80 valence electrons. The van der Waals surface area contributed by atoms with Crippen molar-refractivity contribution in [3.8, 4) is 0 Å². The minimum absolute atomic E-state index is 0.580. The van der Waals surface area contributed by atoms with Gasteiger partial charge in [0.2, 0.25) is 0 Å². The van der Waals surface area contributed by atoms with Crippen LogP contribution in [-0.4, -0.2) is 13.3 Å². The van der Waals surface area contributed by atoms with Crippen molar-refractivity contribution in [2.24, 2.45) is 0 Å². The predicted molar refractivity (Wildman–Crippen MR) is 67.0 cm³/mol. The third-order valence-corrected chi connectivity index (χ3v) is 2.55. The van der Waals surface area contributed by atoms with Crippen LogP contribution in [0, 0.1) is 0 Å². The SMILES string of the molecule is CN/C(C=O)=C/c1cccc2ccccc12. The highest BCUT2D eigenvalue weighted by molar-refractivity contribution is 5.93. The van der Waals surface area contributed by atoms with Gasteiger partial charge in [-0.2, -0.15) is 0 Å². The van der Waals surface area contributed by atoms with Crippen LogP contribution in [0.4, 0.5) is 0 Å². The Bertz CT molecular complexity index is 538. The molecule has 2 nitrogen and oxygen atoms in total. The summed E-state index contributed by atoms with van der Waals surface area (Å²) in [5, 5.41) is 5.19. The van der Waals surface area contributed by atoms with Gasteiger partial charge in [0.05, 0.1) is 5.70 Å². The van der Waals surface area contributed by atoms with Crippen LogP contribution in [-0.2, 0) is 4.79 Å². The number of carbonyl (C=O) groups is 1. The van der Waals surface area contributed by atoms with E-state index in [0.29, 0.717) is 5.70 Å². The third-order valence-electron chi connectivity index (χ3n) is 2.55. The highest BCUT2D eigenvalue weighted by Gasteiger charge is 1.98. The van der Waals surface area contributed by atoms with Crippen LogP contribution in [0.15, 0.2) is 48.2 Å². The summed E-state index contributed by atoms with van der Waals surface area (Å²) >= 11 is 0. The van der Waals surface area contributed by atoms with Gasteiger partial charge in [0, 0.05) is 7.05 Å². The Morgan fingerprint density at radius 1 is 1.12 bits per heavy atom. The monoisotopic (exact) mass is 211 g/mol. The lowest BCUT2D eigenvalue weighted by atomic mass is 10.0. The first-order chi connectivity index (χ1) is 7.85. The van der Waals surface area contributed by atoms with Crippen LogP contribution >= 0.6 is 0 Å². The van der Waals surface area contributed by atoms with E-state index in [-0.39, 0.29) is 0 Å². The van der Waals surface area contributed by atoms with Crippen molar-refractivity contribution in [2.75, 3.05) is 7.05 Å². The Balaban J connectivity index is 2.60. The van der Waals surface area contributed by atoms with E-state index in [1.54, 1.807) is 7.05 Å². The van der Waals surface area contributed by atoms with Gasteiger partial charge in [-0.25, -0.2) is 0 Å². The standard InChI is InChI=1S/C14H13NO/c1-15-13(10-16)9-12-7-4-6-11-5-2-3-8-14(11)12/h2-10,15H,1H3/b13-9+. The Hall–Kier alpha value is -2.09. The van der Waals surface area contributed by atoms with Crippen molar-refractivity contribution in [2.45, 2.75) is 0 Å². The topological polar surface area (TPSA) is 29.1 Å². The lowest BCUT2D eigenvalue weighted by Gasteiger charge is -2.03. The van der Waals surface area contributed by atoms with Gasteiger partial charge in [0.15, 0.2) is 6.29 Å². The van der Waals surface area contributed by atoms with E-state index in [1.165, 1.54) is 5.39 Å². The van der Waals surface area contributed by atoms with Crippen molar-refractivity contribution in [3.63, 3.8) is 0 Å². The second kappa shape index (κ2) is 4.62. The lowest BCUT2D eigenvalue weighted by molar-refractivity contribution is -0.105. The summed E-state index contributed by atoms with van der Waals surface area (Å²) in [5.41, 5.74) is 1.63. The van der Waals surface area contributed by atoms with Crippen molar-refractivity contribution in [1.82, 2.24) is 5.32 Å². The van der Waals surface area contributed by atoms with Gasteiger partial charge >= 0.3 is 0 Å². The molecule has 0 saturated heterocycles. The molecule has 0 radical (unpaired) electrons. The zero-order valence-electron chi connectivity index (χ0n) is 9.10. The molecule has 0 spiro atoms. The average Bonchev–Trinajstić information content (AvgIpc) is 2.36.